The lowest BCUT2D eigenvalue weighted by molar-refractivity contribution is 0.0915. The van der Waals surface area contributed by atoms with Gasteiger partial charge in [0.2, 0.25) is 0 Å². The highest BCUT2D eigenvalue weighted by atomic mass is 16.2. The molecule has 24 heavy (non-hydrogen) atoms. The molecule has 0 saturated heterocycles. The van der Waals surface area contributed by atoms with E-state index in [0.717, 1.165) is 5.69 Å². The second kappa shape index (κ2) is 7.27. The van der Waals surface area contributed by atoms with Gasteiger partial charge in [0, 0.05) is 35.9 Å². The lowest BCUT2D eigenvalue weighted by atomic mass is 10.0. The first-order valence-corrected chi connectivity index (χ1v) is 7.80. The normalized spacial score (nSPS) is 11.0. The number of nitrogens with two attached hydrogens (primary N) is 1. The Balaban J connectivity index is 2.21. The summed E-state index contributed by atoms with van der Waals surface area (Å²) < 4.78 is 0. The molecule has 126 valence electrons. The van der Waals surface area contributed by atoms with Gasteiger partial charge in [-0.2, -0.15) is 0 Å². The van der Waals surface area contributed by atoms with E-state index in [2.05, 4.69) is 5.32 Å². The molecule has 0 aromatic heterocycles. The average molecular weight is 325 g/mol. The number of hydrogen-bond acceptors (Lipinski definition) is 3. The molecule has 0 fully saturated rings. The first-order valence-electron chi connectivity index (χ1n) is 7.80. The zero-order valence-corrected chi connectivity index (χ0v) is 14.2. The van der Waals surface area contributed by atoms with Crippen LogP contribution in [0.2, 0.25) is 0 Å². The zero-order valence-electron chi connectivity index (χ0n) is 14.2. The smallest absolute Gasteiger partial charge is 0.258 e. The van der Waals surface area contributed by atoms with Gasteiger partial charge < -0.3 is 16.0 Å². The van der Waals surface area contributed by atoms with Gasteiger partial charge in [-0.05, 0) is 44.2 Å². The third-order valence-electron chi connectivity index (χ3n) is 3.78. The van der Waals surface area contributed by atoms with Gasteiger partial charge in [-0.3, -0.25) is 9.59 Å². The first kappa shape index (κ1) is 17.7. The number of anilines is 1. The molecular formula is C19H23N3O2. The molecule has 0 unspecified atom stereocenters. The van der Waals surface area contributed by atoms with Crippen molar-refractivity contribution < 1.29 is 9.59 Å². The van der Waals surface area contributed by atoms with Crippen molar-refractivity contribution in [3.05, 3.63) is 65.7 Å². The summed E-state index contributed by atoms with van der Waals surface area (Å²) in [5.41, 5.74) is 6.82. The number of rotatable bonds is 5. The van der Waals surface area contributed by atoms with Crippen LogP contribution in [0.4, 0.5) is 5.69 Å². The fourth-order valence-electron chi connectivity index (χ4n) is 2.19. The van der Waals surface area contributed by atoms with Crippen LogP contribution in [0.1, 0.15) is 34.6 Å². The second-order valence-corrected chi connectivity index (χ2v) is 6.32. The summed E-state index contributed by atoms with van der Waals surface area (Å²) in [7, 11) is 1.71. The van der Waals surface area contributed by atoms with Crippen LogP contribution in [0.3, 0.4) is 0 Å². The molecule has 0 atom stereocenters. The molecule has 0 aliphatic heterocycles. The second-order valence-electron chi connectivity index (χ2n) is 6.32. The highest BCUT2D eigenvalue weighted by Crippen LogP contribution is 2.16. The topological polar surface area (TPSA) is 75.4 Å². The summed E-state index contributed by atoms with van der Waals surface area (Å²) in [6, 6.07) is 16.0. The predicted octanol–water partition coefficient (Wildman–Crippen LogP) is 2.43. The molecule has 0 spiro atoms. The Morgan fingerprint density at radius 1 is 1.04 bits per heavy atom. The number of carbonyl (C=O) groups is 2. The highest BCUT2D eigenvalue weighted by Gasteiger charge is 2.20. The molecule has 2 rings (SSSR count). The molecular weight excluding hydrogens is 302 g/mol. The van der Waals surface area contributed by atoms with Crippen molar-refractivity contribution in [2.24, 2.45) is 5.73 Å². The van der Waals surface area contributed by atoms with E-state index in [0.29, 0.717) is 17.7 Å². The highest BCUT2D eigenvalue weighted by molar-refractivity contribution is 6.07. The minimum absolute atomic E-state index is 0.172. The standard InChI is InChI=1S/C19H23N3O2/c1-19(2,13-20)21-17(23)14-8-7-9-15(12-14)18(24)22(3)16-10-5-4-6-11-16/h4-12H,13,20H2,1-3H3,(H,21,23). The number of hydrogen-bond donors (Lipinski definition) is 2. The van der Waals surface area contributed by atoms with Crippen LogP contribution in [-0.2, 0) is 0 Å². The Labute approximate surface area is 142 Å². The molecule has 3 N–H and O–H groups in total. The molecule has 0 heterocycles. The van der Waals surface area contributed by atoms with E-state index in [-0.39, 0.29) is 11.8 Å². The fourth-order valence-corrected chi connectivity index (χ4v) is 2.19. The van der Waals surface area contributed by atoms with Gasteiger partial charge >= 0.3 is 0 Å². The van der Waals surface area contributed by atoms with Crippen molar-refractivity contribution in [3.63, 3.8) is 0 Å². The average Bonchev–Trinajstić information content (AvgIpc) is 2.61. The van der Waals surface area contributed by atoms with Crippen LogP contribution in [0.5, 0.6) is 0 Å². The van der Waals surface area contributed by atoms with E-state index in [1.807, 2.05) is 44.2 Å². The van der Waals surface area contributed by atoms with E-state index in [1.165, 1.54) is 0 Å². The maximum Gasteiger partial charge on any atom is 0.258 e. The van der Waals surface area contributed by atoms with Crippen LogP contribution in [0.25, 0.3) is 0 Å². The number of para-hydroxylation sites is 1. The van der Waals surface area contributed by atoms with Gasteiger partial charge in [0.05, 0.1) is 0 Å². The van der Waals surface area contributed by atoms with Gasteiger partial charge in [-0.1, -0.05) is 24.3 Å². The van der Waals surface area contributed by atoms with Crippen molar-refractivity contribution in [2.75, 3.05) is 18.5 Å². The van der Waals surface area contributed by atoms with Crippen LogP contribution in [0.15, 0.2) is 54.6 Å². The van der Waals surface area contributed by atoms with Crippen molar-refractivity contribution in [3.8, 4) is 0 Å². The molecule has 0 aliphatic rings. The maximum atomic E-state index is 12.6. The summed E-state index contributed by atoms with van der Waals surface area (Å²) in [6.45, 7) is 4.03. The minimum Gasteiger partial charge on any atom is -0.346 e. The van der Waals surface area contributed by atoms with Crippen molar-refractivity contribution in [2.45, 2.75) is 19.4 Å². The fraction of sp³-hybridized carbons (Fsp3) is 0.263. The van der Waals surface area contributed by atoms with Crippen molar-refractivity contribution >= 4 is 17.5 Å². The van der Waals surface area contributed by atoms with Crippen LogP contribution in [-0.4, -0.2) is 30.9 Å². The number of nitrogens with one attached hydrogen (secondary N) is 1. The molecule has 0 bridgehead atoms. The summed E-state index contributed by atoms with van der Waals surface area (Å²) in [5, 5.41) is 2.86. The molecule has 5 nitrogen and oxygen atoms in total. The van der Waals surface area contributed by atoms with E-state index < -0.39 is 5.54 Å². The monoisotopic (exact) mass is 325 g/mol. The summed E-state index contributed by atoms with van der Waals surface area (Å²) in [5.74, 6) is -0.420. The van der Waals surface area contributed by atoms with E-state index in [9.17, 15) is 9.59 Å². The molecule has 0 aliphatic carbocycles. The summed E-state index contributed by atoms with van der Waals surface area (Å²) >= 11 is 0. The van der Waals surface area contributed by atoms with Crippen LogP contribution in [0, 0.1) is 0 Å². The van der Waals surface area contributed by atoms with Gasteiger partial charge in [-0.15, -0.1) is 0 Å². The molecule has 2 aromatic rings. The van der Waals surface area contributed by atoms with Gasteiger partial charge in [-0.25, -0.2) is 0 Å². The molecule has 2 amide bonds. The maximum absolute atomic E-state index is 12.6. The van der Waals surface area contributed by atoms with Crippen molar-refractivity contribution in [1.29, 1.82) is 0 Å². The Hall–Kier alpha value is -2.66. The Morgan fingerprint density at radius 3 is 2.29 bits per heavy atom. The Morgan fingerprint density at radius 2 is 1.67 bits per heavy atom. The number of nitrogens with zero attached hydrogens (tertiary/aromatic N) is 1. The summed E-state index contributed by atoms with van der Waals surface area (Å²) in [6.07, 6.45) is 0. The lowest BCUT2D eigenvalue weighted by Gasteiger charge is -2.24. The third-order valence-corrected chi connectivity index (χ3v) is 3.78. The van der Waals surface area contributed by atoms with E-state index in [4.69, 9.17) is 5.73 Å². The zero-order chi connectivity index (χ0) is 17.7. The largest absolute Gasteiger partial charge is 0.346 e. The first-order chi connectivity index (χ1) is 11.3. The SMILES string of the molecule is CN(C(=O)c1cccc(C(=O)NC(C)(C)CN)c1)c1ccccc1. The van der Waals surface area contributed by atoms with Crippen LogP contribution >= 0.6 is 0 Å². The molecule has 0 saturated carbocycles. The number of carbonyl (C=O) groups excluding carboxylic acids is 2. The van der Waals surface area contributed by atoms with Gasteiger partial charge in [0.25, 0.3) is 11.8 Å². The Kier molecular flexibility index (Phi) is 5.36. The quantitative estimate of drug-likeness (QED) is 0.886. The Bertz CT molecular complexity index is 726. The van der Waals surface area contributed by atoms with Gasteiger partial charge in [0.15, 0.2) is 0 Å². The molecule has 2 aromatic carbocycles. The van der Waals surface area contributed by atoms with Crippen molar-refractivity contribution in [1.82, 2.24) is 5.32 Å². The number of benzene rings is 2. The number of amides is 2. The minimum atomic E-state index is -0.502. The molecule has 0 radical (unpaired) electrons. The summed E-state index contributed by atoms with van der Waals surface area (Å²) in [4.78, 5) is 26.5. The van der Waals surface area contributed by atoms with Gasteiger partial charge in [0.1, 0.15) is 0 Å². The molecule has 5 heteroatoms. The third kappa shape index (κ3) is 4.20. The predicted molar refractivity (Wildman–Crippen MR) is 96.2 cm³/mol. The lowest BCUT2D eigenvalue weighted by Crippen LogP contribution is -2.48. The van der Waals surface area contributed by atoms with E-state index in [1.54, 1.807) is 36.2 Å². The van der Waals surface area contributed by atoms with E-state index >= 15 is 0 Å². The van der Waals surface area contributed by atoms with Crippen LogP contribution < -0.4 is 16.0 Å².